The van der Waals surface area contributed by atoms with Crippen molar-refractivity contribution in [2.75, 3.05) is 18.9 Å². The number of alkyl halides is 1. The van der Waals surface area contributed by atoms with Crippen LogP contribution in [0.15, 0.2) is 55.1 Å². The molecule has 0 aliphatic heterocycles. The van der Waals surface area contributed by atoms with Crippen molar-refractivity contribution in [1.82, 2.24) is 24.6 Å². The molecular weight excluding hydrogens is 506 g/mol. The Hall–Kier alpha value is -3.38. The number of nitrogens with two attached hydrogens (primary N) is 1. The fourth-order valence-electron chi connectivity index (χ4n) is 4.11. The summed E-state index contributed by atoms with van der Waals surface area (Å²) in [7, 11) is -4.21. The highest BCUT2D eigenvalue weighted by atomic mass is 31.2. The Morgan fingerprint density at radius 3 is 2.76 bits per heavy atom. The van der Waals surface area contributed by atoms with E-state index >= 15 is 4.39 Å². The normalized spacial score (nSPS) is 24.1. The predicted octanol–water partition coefficient (Wildman–Crippen LogP) is 2.58. The number of imidazole rings is 1. The smallest absolute Gasteiger partial charge is 0.459 e. The quantitative estimate of drug-likeness (QED) is 0.199. The number of anilines is 1. The number of nitrogen functional groups attached to an aromatic ring is 1. The van der Waals surface area contributed by atoms with Crippen LogP contribution in [0.3, 0.4) is 0 Å². The molecule has 4 N–H and O–H groups in total. The van der Waals surface area contributed by atoms with Crippen molar-refractivity contribution in [3.05, 3.63) is 55.1 Å². The van der Waals surface area contributed by atoms with Gasteiger partial charge in [-0.1, -0.05) is 24.8 Å². The summed E-state index contributed by atoms with van der Waals surface area (Å²) in [5, 5.41) is 13.3. The average Bonchev–Trinajstić information content (AvgIpc) is 3.37. The lowest BCUT2D eigenvalue weighted by Crippen LogP contribution is -2.36. The molecule has 1 fully saturated rings. The number of fused-ring (bicyclic) bond motifs is 1. The van der Waals surface area contributed by atoms with Crippen molar-refractivity contribution < 1.29 is 32.6 Å². The molecule has 6 atom stereocenters. The summed E-state index contributed by atoms with van der Waals surface area (Å²) in [6.45, 7) is 6.76. The van der Waals surface area contributed by atoms with Gasteiger partial charge in [-0.3, -0.25) is 9.32 Å². The topological polar surface area (TPSA) is 164 Å². The van der Waals surface area contributed by atoms with E-state index in [9.17, 15) is 14.5 Å². The lowest BCUT2D eigenvalue weighted by atomic mass is 10.0. The van der Waals surface area contributed by atoms with Crippen LogP contribution in [0.2, 0.25) is 0 Å². The van der Waals surface area contributed by atoms with Crippen molar-refractivity contribution in [1.29, 1.82) is 0 Å². The Bertz CT molecular complexity index is 1320. The van der Waals surface area contributed by atoms with Crippen molar-refractivity contribution in [3.8, 4) is 5.75 Å². The predicted molar refractivity (Wildman–Crippen MR) is 132 cm³/mol. The number of aromatic nitrogens is 4. The third-order valence-electron chi connectivity index (χ3n) is 5.97. The van der Waals surface area contributed by atoms with Crippen LogP contribution in [0.25, 0.3) is 11.2 Å². The molecule has 1 aliphatic rings. The molecule has 0 radical (unpaired) electrons. The zero-order valence-corrected chi connectivity index (χ0v) is 21.1. The Morgan fingerprint density at radius 1 is 1.32 bits per heavy atom. The lowest BCUT2D eigenvalue weighted by molar-refractivity contribution is -0.144. The Labute approximate surface area is 212 Å². The van der Waals surface area contributed by atoms with Gasteiger partial charge < -0.3 is 24.7 Å². The maximum atomic E-state index is 15.4. The number of ether oxygens (including phenoxy) is 1. The summed E-state index contributed by atoms with van der Waals surface area (Å²) in [5.74, 6) is -1.29. The lowest BCUT2D eigenvalue weighted by Gasteiger charge is -2.25. The fourth-order valence-corrected chi connectivity index (χ4v) is 5.62. The van der Waals surface area contributed by atoms with Gasteiger partial charge in [0, 0.05) is 5.92 Å². The van der Waals surface area contributed by atoms with Crippen LogP contribution < -0.4 is 15.3 Å². The average molecular weight is 534 g/mol. The van der Waals surface area contributed by atoms with Crippen LogP contribution in [0.5, 0.6) is 5.75 Å². The van der Waals surface area contributed by atoms with E-state index in [1.807, 2.05) is 0 Å². The molecule has 12 nitrogen and oxygen atoms in total. The molecule has 2 unspecified atom stereocenters. The number of nitrogens with one attached hydrogen (secondary N) is 1. The maximum absolute atomic E-state index is 15.4. The molecule has 1 aromatic carbocycles. The first-order valence-corrected chi connectivity index (χ1v) is 13.1. The summed E-state index contributed by atoms with van der Waals surface area (Å²) in [5.41, 5.74) is 6.66. The number of hydrogen-bond acceptors (Lipinski definition) is 10. The monoisotopic (exact) mass is 534 g/mol. The van der Waals surface area contributed by atoms with E-state index in [-0.39, 0.29) is 34.9 Å². The van der Waals surface area contributed by atoms with Gasteiger partial charge in [-0.2, -0.15) is 5.09 Å². The number of hydrogen-bond donors (Lipinski definition) is 3. The van der Waals surface area contributed by atoms with Gasteiger partial charge in [0.1, 0.15) is 23.6 Å². The largest absolute Gasteiger partial charge is 0.465 e. The van der Waals surface area contributed by atoms with Gasteiger partial charge >= 0.3 is 13.7 Å². The first kappa shape index (κ1) is 26.7. The number of nitrogens with zero attached hydrogens (tertiary/aromatic N) is 4. The van der Waals surface area contributed by atoms with Crippen LogP contribution >= 0.6 is 7.75 Å². The number of aliphatic hydroxyl groups excluding tert-OH is 1. The summed E-state index contributed by atoms with van der Waals surface area (Å²) in [4.78, 5) is 24.3. The molecule has 0 saturated heterocycles. The van der Waals surface area contributed by atoms with E-state index < -0.39 is 50.6 Å². The minimum atomic E-state index is -4.21. The Morgan fingerprint density at radius 2 is 2.05 bits per heavy atom. The van der Waals surface area contributed by atoms with E-state index in [2.05, 4.69) is 26.6 Å². The van der Waals surface area contributed by atoms with Gasteiger partial charge in [0.25, 0.3) is 0 Å². The number of carbonyl (C=O) groups excluding carboxylic acids is 1. The zero-order chi connectivity index (χ0) is 26.7. The third kappa shape index (κ3) is 5.49. The van der Waals surface area contributed by atoms with Crippen molar-refractivity contribution >= 4 is 30.7 Å². The second-order valence-electron chi connectivity index (χ2n) is 8.44. The number of esters is 1. The van der Waals surface area contributed by atoms with Crippen LogP contribution in [0.4, 0.5) is 10.2 Å². The van der Waals surface area contributed by atoms with Crippen molar-refractivity contribution in [3.63, 3.8) is 0 Å². The van der Waals surface area contributed by atoms with Crippen molar-refractivity contribution in [2.45, 2.75) is 38.2 Å². The molecule has 1 aliphatic carbocycles. The van der Waals surface area contributed by atoms with Gasteiger partial charge in [0.05, 0.1) is 31.7 Å². The summed E-state index contributed by atoms with van der Waals surface area (Å²) < 4.78 is 46.6. The van der Waals surface area contributed by atoms with Gasteiger partial charge in [0.15, 0.2) is 17.6 Å². The molecule has 1 saturated carbocycles. The molecule has 0 spiro atoms. The Kier molecular flexibility index (Phi) is 7.88. The molecule has 0 amide bonds. The Balaban J connectivity index is 1.55. The molecule has 0 bridgehead atoms. The number of aliphatic hydroxyl groups is 1. The molecule has 14 heteroatoms. The number of benzene rings is 1. The van der Waals surface area contributed by atoms with Crippen LogP contribution in [-0.2, 0) is 18.6 Å². The molecule has 3 aromatic rings. The molecule has 2 heterocycles. The molecule has 198 valence electrons. The van der Waals surface area contributed by atoms with Gasteiger partial charge in [0.2, 0.25) is 0 Å². The highest BCUT2D eigenvalue weighted by molar-refractivity contribution is 7.52. The standard InChI is InChI=1S/C23H28FN6O6P/c1-4-34-23(32)14(3)29-37(33,36-15-8-6-5-7-9-15)35-10-16-13(2)19(17(24)20(16)31)30-12-28-18-21(25)26-11-27-22(18)30/h5-9,11-12,14,16-17,19-20,31H,2,4,10H2,1,3H3,(H,29,33)(H2,25,26,27)/t14-,16+,17+,19-,20?,37?/m1/s1. The minimum Gasteiger partial charge on any atom is -0.465 e. The molecular formula is C23H28FN6O6P. The first-order chi connectivity index (χ1) is 17.6. The van der Waals surface area contributed by atoms with Gasteiger partial charge in [-0.15, -0.1) is 0 Å². The number of halogens is 1. The highest BCUT2D eigenvalue weighted by Crippen LogP contribution is 2.48. The van der Waals surface area contributed by atoms with Crippen molar-refractivity contribution in [2.24, 2.45) is 5.92 Å². The maximum Gasteiger partial charge on any atom is 0.459 e. The second-order valence-corrected chi connectivity index (χ2v) is 10.1. The fraction of sp³-hybridized carbons (Fsp3) is 0.391. The second kappa shape index (κ2) is 10.9. The van der Waals surface area contributed by atoms with Crippen LogP contribution in [-0.4, -0.2) is 62.1 Å². The third-order valence-corrected chi connectivity index (χ3v) is 7.61. The SMILES string of the molecule is C=C1[C@@H](n2cnc3c(N)ncnc32)[C@H](F)C(O)[C@H]1COP(=O)(N[C@H](C)C(=O)OCC)Oc1ccccc1. The first-order valence-electron chi connectivity index (χ1n) is 11.5. The number of para-hydroxylation sites is 1. The van der Waals surface area contributed by atoms with E-state index in [0.717, 1.165) is 0 Å². The van der Waals surface area contributed by atoms with E-state index in [1.54, 1.807) is 37.3 Å². The summed E-state index contributed by atoms with van der Waals surface area (Å²) in [6, 6.07) is 6.11. The van der Waals surface area contributed by atoms with E-state index in [1.165, 1.54) is 24.1 Å². The molecule has 37 heavy (non-hydrogen) atoms. The van der Waals surface area contributed by atoms with E-state index in [4.69, 9.17) is 19.5 Å². The summed E-state index contributed by atoms with van der Waals surface area (Å²) >= 11 is 0. The van der Waals surface area contributed by atoms with Gasteiger partial charge in [-0.05, 0) is 31.6 Å². The van der Waals surface area contributed by atoms with E-state index in [0.29, 0.717) is 0 Å². The van der Waals surface area contributed by atoms with Gasteiger partial charge in [-0.25, -0.2) is 23.9 Å². The number of carbonyl (C=O) groups is 1. The molecule has 2 aromatic heterocycles. The van der Waals surface area contributed by atoms with Crippen LogP contribution in [0.1, 0.15) is 19.9 Å². The summed E-state index contributed by atoms with van der Waals surface area (Å²) in [6.07, 6.45) is -0.761. The zero-order valence-electron chi connectivity index (χ0n) is 20.2. The van der Waals surface area contributed by atoms with Crippen LogP contribution in [0, 0.1) is 5.92 Å². The minimum absolute atomic E-state index is 0.127. The highest BCUT2D eigenvalue weighted by Gasteiger charge is 2.48. The number of rotatable bonds is 10. The molecule has 4 rings (SSSR count).